The van der Waals surface area contributed by atoms with E-state index in [0.717, 1.165) is 5.69 Å². The Bertz CT molecular complexity index is 472. The third-order valence-corrected chi connectivity index (χ3v) is 2.29. The van der Waals surface area contributed by atoms with Gasteiger partial charge in [0.15, 0.2) is 0 Å². The summed E-state index contributed by atoms with van der Waals surface area (Å²) in [6.07, 6.45) is 8.87. The zero-order valence-electron chi connectivity index (χ0n) is 10.7. The maximum absolute atomic E-state index is 10.9. The summed E-state index contributed by atoms with van der Waals surface area (Å²) in [5.41, 5.74) is 1.72. The number of carbonyl (C=O) groups excluding carboxylic acids is 1. The van der Waals surface area contributed by atoms with Gasteiger partial charge in [-0.05, 0) is 11.6 Å². The highest BCUT2D eigenvalue weighted by Crippen LogP contribution is 2.01. The van der Waals surface area contributed by atoms with E-state index >= 15 is 0 Å². The lowest BCUT2D eigenvalue weighted by molar-refractivity contribution is -0.139. The number of hydrogen-bond acceptors (Lipinski definition) is 4. The van der Waals surface area contributed by atoms with Crippen molar-refractivity contribution in [3.63, 3.8) is 0 Å². The number of aromatic nitrogens is 2. The fraction of sp³-hybridized carbons (Fsp3) is 0.308. The van der Waals surface area contributed by atoms with Gasteiger partial charge in [-0.3, -0.25) is 9.79 Å². The van der Waals surface area contributed by atoms with Crippen LogP contribution in [-0.4, -0.2) is 28.8 Å². The van der Waals surface area contributed by atoms with Crippen LogP contribution in [0.2, 0.25) is 0 Å². The molecule has 0 aliphatic rings. The Kier molecular flexibility index (Phi) is 5.57. The van der Waals surface area contributed by atoms with Gasteiger partial charge < -0.3 is 9.30 Å². The molecule has 0 atom stereocenters. The van der Waals surface area contributed by atoms with Gasteiger partial charge in [0.2, 0.25) is 0 Å². The minimum absolute atomic E-state index is 0.197. The molecule has 0 radical (unpaired) electrons. The zero-order valence-corrected chi connectivity index (χ0v) is 10.7. The first-order valence-corrected chi connectivity index (χ1v) is 5.49. The van der Waals surface area contributed by atoms with Gasteiger partial charge in [0, 0.05) is 13.3 Å². The van der Waals surface area contributed by atoms with Gasteiger partial charge in [0.05, 0.1) is 38.3 Å². The molecule has 1 aromatic rings. The van der Waals surface area contributed by atoms with Crippen LogP contribution in [0, 0.1) is 0 Å². The molecule has 0 aromatic carbocycles. The van der Waals surface area contributed by atoms with Crippen molar-refractivity contribution in [2.75, 3.05) is 7.11 Å². The van der Waals surface area contributed by atoms with E-state index in [-0.39, 0.29) is 12.4 Å². The van der Waals surface area contributed by atoms with Crippen LogP contribution in [0.3, 0.4) is 0 Å². The summed E-state index contributed by atoms with van der Waals surface area (Å²) in [7, 11) is 3.28. The van der Waals surface area contributed by atoms with Crippen LogP contribution in [0.15, 0.2) is 41.8 Å². The SMILES string of the molecule is C=C(/C=C\C=N\Cc1cncn1C)CC(=O)OC. The molecule has 1 heterocycles. The standard InChI is InChI=1S/C13H17N3O2/c1-11(7-13(17)18-3)5-4-6-14-8-12-9-15-10-16(12)2/h4-6,9-10H,1,7-8H2,2-3H3/b5-4-,14-6+. The molecule has 0 aliphatic carbocycles. The van der Waals surface area contributed by atoms with Crippen LogP contribution >= 0.6 is 0 Å². The monoisotopic (exact) mass is 247 g/mol. The molecule has 1 aromatic heterocycles. The second kappa shape index (κ2) is 7.21. The lowest BCUT2D eigenvalue weighted by Crippen LogP contribution is -1.99. The Hall–Kier alpha value is -2.17. The van der Waals surface area contributed by atoms with E-state index in [1.54, 1.807) is 30.9 Å². The number of esters is 1. The van der Waals surface area contributed by atoms with E-state index < -0.39 is 0 Å². The van der Waals surface area contributed by atoms with Crippen molar-refractivity contribution in [3.05, 3.63) is 42.5 Å². The average Bonchev–Trinajstić information content (AvgIpc) is 2.74. The Morgan fingerprint density at radius 2 is 2.44 bits per heavy atom. The predicted molar refractivity (Wildman–Crippen MR) is 70.3 cm³/mol. The molecule has 0 N–H and O–H groups in total. The van der Waals surface area contributed by atoms with Crippen LogP contribution in [0.1, 0.15) is 12.1 Å². The van der Waals surface area contributed by atoms with E-state index in [1.165, 1.54) is 7.11 Å². The van der Waals surface area contributed by atoms with Crippen molar-refractivity contribution < 1.29 is 9.53 Å². The third-order valence-electron chi connectivity index (χ3n) is 2.29. The van der Waals surface area contributed by atoms with Crippen molar-refractivity contribution >= 4 is 12.2 Å². The molecule has 1 rings (SSSR count). The molecular formula is C13H17N3O2. The fourth-order valence-electron chi connectivity index (χ4n) is 1.24. The first kappa shape index (κ1) is 13.9. The number of allylic oxidation sites excluding steroid dienone is 2. The van der Waals surface area contributed by atoms with Crippen molar-refractivity contribution in [1.29, 1.82) is 0 Å². The van der Waals surface area contributed by atoms with E-state index in [1.807, 2.05) is 11.6 Å². The Balaban J connectivity index is 2.34. The van der Waals surface area contributed by atoms with Gasteiger partial charge >= 0.3 is 5.97 Å². The number of nitrogens with zero attached hydrogens (tertiary/aromatic N) is 3. The summed E-state index contributed by atoms with van der Waals surface area (Å²) >= 11 is 0. The molecule has 0 saturated heterocycles. The van der Waals surface area contributed by atoms with Crippen LogP contribution in [-0.2, 0) is 23.1 Å². The quantitative estimate of drug-likeness (QED) is 0.436. The Morgan fingerprint density at radius 3 is 3.06 bits per heavy atom. The number of aliphatic imine (C=N–C) groups is 1. The number of ether oxygens (including phenoxy) is 1. The van der Waals surface area contributed by atoms with Crippen LogP contribution < -0.4 is 0 Å². The second-order valence-electron chi connectivity index (χ2n) is 3.76. The van der Waals surface area contributed by atoms with Gasteiger partial charge in [-0.15, -0.1) is 0 Å². The van der Waals surface area contributed by atoms with Crippen molar-refractivity contribution in [3.8, 4) is 0 Å². The molecule has 0 aliphatic heterocycles. The van der Waals surface area contributed by atoms with Crippen molar-refractivity contribution in [2.24, 2.45) is 12.0 Å². The Labute approximate surface area is 107 Å². The first-order valence-electron chi connectivity index (χ1n) is 5.49. The summed E-state index contributed by atoms with van der Waals surface area (Å²) in [5, 5.41) is 0. The lowest BCUT2D eigenvalue weighted by Gasteiger charge is -1.97. The largest absolute Gasteiger partial charge is 0.469 e. The van der Waals surface area contributed by atoms with Gasteiger partial charge in [-0.1, -0.05) is 12.7 Å². The van der Waals surface area contributed by atoms with Crippen LogP contribution in [0.25, 0.3) is 0 Å². The van der Waals surface area contributed by atoms with Crippen molar-refractivity contribution in [2.45, 2.75) is 13.0 Å². The topological polar surface area (TPSA) is 56.5 Å². The summed E-state index contributed by atoms with van der Waals surface area (Å²) in [5.74, 6) is -0.295. The number of rotatable bonds is 6. The second-order valence-corrected chi connectivity index (χ2v) is 3.76. The minimum atomic E-state index is -0.295. The average molecular weight is 247 g/mol. The molecular weight excluding hydrogens is 230 g/mol. The number of aryl methyl sites for hydroxylation is 1. The number of carbonyl (C=O) groups is 1. The van der Waals surface area contributed by atoms with Gasteiger partial charge in [0.1, 0.15) is 0 Å². The molecule has 96 valence electrons. The van der Waals surface area contributed by atoms with Gasteiger partial charge in [-0.25, -0.2) is 4.98 Å². The zero-order chi connectivity index (χ0) is 13.4. The lowest BCUT2D eigenvalue weighted by atomic mass is 10.2. The number of imidazole rings is 1. The fourth-order valence-corrected chi connectivity index (χ4v) is 1.24. The molecule has 0 spiro atoms. The summed E-state index contributed by atoms with van der Waals surface area (Å²) in [6.45, 7) is 4.31. The molecule has 0 fully saturated rings. The van der Waals surface area contributed by atoms with E-state index in [0.29, 0.717) is 12.1 Å². The summed E-state index contributed by atoms with van der Waals surface area (Å²) < 4.78 is 6.45. The number of hydrogen-bond donors (Lipinski definition) is 0. The van der Waals surface area contributed by atoms with E-state index in [9.17, 15) is 4.79 Å². The highest BCUT2D eigenvalue weighted by atomic mass is 16.5. The maximum atomic E-state index is 10.9. The first-order chi connectivity index (χ1) is 8.63. The molecule has 0 unspecified atom stereocenters. The summed E-state index contributed by atoms with van der Waals surface area (Å²) in [4.78, 5) is 19.2. The highest BCUT2D eigenvalue weighted by Gasteiger charge is 1.99. The molecule has 0 bridgehead atoms. The highest BCUT2D eigenvalue weighted by molar-refractivity contribution is 5.75. The molecule has 5 nitrogen and oxygen atoms in total. The van der Waals surface area contributed by atoms with E-state index in [4.69, 9.17) is 0 Å². The predicted octanol–water partition coefficient (Wildman–Crippen LogP) is 1.67. The van der Waals surface area contributed by atoms with Crippen molar-refractivity contribution in [1.82, 2.24) is 9.55 Å². The van der Waals surface area contributed by atoms with E-state index in [2.05, 4.69) is 21.3 Å². The Morgan fingerprint density at radius 1 is 1.67 bits per heavy atom. The third kappa shape index (κ3) is 4.78. The van der Waals surface area contributed by atoms with Gasteiger partial charge in [0.25, 0.3) is 0 Å². The van der Waals surface area contributed by atoms with Crippen LogP contribution in [0.4, 0.5) is 0 Å². The number of methoxy groups -OCH3 is 1. The molecule has 5 heteroatoms. The minimum Gasteiger partial charge on any atom is -0.469 e. The van der Waals surface area contributed by atoms with Crippen LogP contribution in [0.5, 0.6) is 0 Å². The summed E-state index contributed by atoms with van der Waals surface area (Å²) in [6, 6.07) is 0. The molecule has 0 saturated carbocycles. The molecule has 0 amide bonds. The molecule has 18 heavy (non-hydrogen) atoms. The smallest absolute Gasteiger partial charge is 0.309 e. The van der Waals surface area contributed by atoms with Gasteiger partial charge in [-0.2, -0.15) is 0 Å². The normalized spacial score (nSPS) is 11.2. The maximum Gasteiger partial charge on any atom is 0.309 e.